The van der Waals surface area contributed by atoms with Crippen molar-refractivity contribution in [1.82, 2.24) is 0 Å². The van der Waals surface area contributed by atoms with Gasteiger partial charge in [-0.2, -0.15) is 0 Å². The Balaban J connectivity index is 1.74. The van der Waals surface area contributed by atoms with E-state index in [1.807, 2.05) is 0 Å². The average molecular weight is 671 g/mol. The monoisotopic (exact) mass is 670 g/mol. The summed E-state index contributed by atoms with van der Waals surface area (Å²) in [6.45, 7) is 32.1. The van der Waals surface area contributed by atoms with Gasteiger partial charge >= 0.3 is 5.97 Å². The Hall–Kier alpha value is -1.26. The van der Waals surface area contributed by atoms with E-state index in [4.69, 9.17) is 18.3 Å². The number of hydrogen-bond acceptors (Lipinski definition) is 5. The minimum atomic E-state index is -2.34. The minimum absolute atomic E-state index is 0.0238. The SMILES string of the molecule is C=C1C(=CC=C2CCC[C@]3(C)C(CC)=CC[C@@H]23)C[C@@](OCC(=O)OC2CCC2)(O[Si](C)(C)C(C)(C)C)C[C@@H]1O[Si](C)(C)C(C)(C)C. The van der Waals surface area contributed by atoms with Crippen LogP contribution < -0.4 is 0 Å². The quantitative estimate of drug-likeness (QED) is 0.100. The fourth-order valence-electron chi connectivity index (χ4n) is 7.30. The third kappa shape index (κ3) is 7.96. The number of hydrogen-bond donors (Lipinski definition) is 0. The summed E-state index contributed by atoms with van der Waals surface area (Å²) in [5.74, 6) is -0.746. The van der Waals surface area contributed by atoms with Crippen molar-refractivity contribution in [2.24, 2.45) is 11.3 Å². The number of rotatable bonds is 10. The smallest absolute Gasteiger partial charge is 0.332 e. The van der Waals surface area contributed by atoms with Crippen molar-refractivity contribution in [3.63, 3.8) is 0 Å². The molecule has 3 fully saturated rings. The van der Waals surface area contributed by atoms with E-state index < -0.39 is 22.4 Å². The Labute approximate surface area is 283 Å². The molecule has 3 saturated carbocycles. The van der Waals surface area contributed by atoms with E-state index >= 15 is 0 Å². The van der Waals surface area contributed by atoms with E-state index in [0.29, 0.717) is 18.8 Å². The molecule has 0 aliphatic heterocycles. The number of allylic oxidation sites excluding steroid dienone is 5. The third-order valence-electron chi connectivity index (χ3n) is 12.6. The summed E-state index contributed by atoms with van der Waals surface area (Å²) in [4.78, 5) is 13.0. The van der Waals surface area contributed by atoms with Crippen LogP contribution in [-0.4, -0.2) is 47.2 Å². The first-order chi connectivity index (χ1) is 21.1. The van der Waals surface area contributed by atoms with Gasteiger partial charge in [0, 0.05) is 12.8 Å². The fourth-order valence-corrected chi connectivity index (χ4v) is 10.0. The van der Waals surface area contributed by atoms with E-state index in [-0.39, 0.29) is 40.3 Å². The van der Waals surface area contributed by atoms with Crippen molar-refractivity contribution >= 4 is 22.6 Å². The van der Waals surface area contributed by atoms with Gasteiger partial charge in [0.15, 0.2) is 22.4 Å². The Kier molecular flexibility index (Phi) is 11.1. The van der Waals surface area contributed by atoms with E-state index in [2.05, 4.69) is 106 Å². The van der Waals surface area contributed by atoms with E-state index in [9.17, 15) is 4.79 Å². The molecule has 0 saturated heterocycles. The normalized spacial score (nSPS) is 31.6. The van der Waals surface area contributed by atoms with E-state index in [1.165, 1.54) is 12.8 Å². The second kappa shape index (κ2) is 13.6. The molecule has 4 aliphatic rings. The molecule has 0 heterocycles. The minimum Gasteiger partial charge on any atom is -0.461 e. The summed E-state index contributed by atoms with van der Waals surface area (Å²) in [7, 11) is -4.52. The highest BCUT2D eigenvalue weighted by molar-refractivity contribution is 6.74. The molecule has 0 radical (unpaired) electrons. The molecule has 260 valence electrons. The molecular weight excluding hydrogens is 605 g/mol. The molecule has 0 aromatic heterocycles. The van der Waals surface area contributed by atoms with Crippen LogP contribution in [0, 0.1) is 11.3 Å². The van der Waals surface area contributed by atoms with Crippen molar-refractivity contribution in [2.75, 3.05) is 6.61 Å². The van der Waals surface area contributed by atoms with Gasteiger partial charge in [-0.25, -0.2) is 4.79 Å². The molecule has 7 heteroatoms. The highest BCUT2D eigenvalue weighted by Crippen LogP contribution is 2.56. The number of carbonyl (C=O) groups is 1. The van der Waals surface area contributed by atoms with Gasteiger partial charge in [-0.1, -0.05) is 91.3 Å². The molecular formula is C39H66O5Si2. The molecule has 4 rings (SSSR count). The van der Waals surface area contributed by atoms with E-state index in [1.54, 1.807) is 11.1 Å². The van der Waals surface area contributed by atoms with Crippen molar-refractivity contribution in [3.8, 4) is 0 Å². The summed E-state index contributed by atoms with van der Waals surface area (Å²) in [5.41, 5.74) is 5.58. The van der Waals surface area contributed by atoms with E-state index in [0.717, 1.165) is 49.7 Å². The highest BCUT2D eigenvalue weighted by atomic mass is 28.4. The topological polar surface area (TPSA) is 54.0 Å². The number of carbonyl (C=O) groups excluding carboxylic acids is 1. The van der Waals surface area contributed by atoms with Crippen LogP contribution in [0.1, 0.15) is 120 Å². The molecule has 5 nitrogen and oxygen atoms in total. The van der Waals surface area contributed by atoms with Crippen LogP contribution in [0.3, 0.4) is 0 Å². The van der Waals surface area contributed by atoms with Gasteiger partial charge < -0.3 is 18.3 Å². The second-order valence-electron chi connectivity index (χ2n) is 18.0. The Morgan fingerprint density at radius 1 is 1.02 bits per heavy atom. The zero-order valence-corrected chi connectivity index (χ0v) is 33.5. The molecule has 0 amide bonds. The number of fused-ring (bicyclic) bond motifs is 1. The van der Waals surface area contributed by atoms with Gasteiger partial charge in [0.25, 0.3) is 0 Å². The Morgan fingerprint density at radius 3 is 2.24 bits per heavy atom. The van der Waals surface area contributed by atoms with Gasteiger partial charge in [-0.05, 0) is 110 Å². The Bertz CT molecular complexity index is 1240. The van der Waals surface area contributed by atoms with Crippen LogP contribution in [0.25, 0.3) is 0 Å². The predicted octanol–water partition coefficient (Wildman–Crippen LogP) is 11.0. The predicted molar refractivity (Wildman–Crippen MR) is 196 cm³/mol. The van der Waals surface area contributed by atoms with Crippen molar-refractivity contribution in [1.29, 1.82) is 0 Å². The van der Waals surface area contributed by atoms with Gasteiger partial charge in [-0.15, -0.1) is 0 Å². The van der Waals surface area contributed by atoms with Crippen LogP contribution in [-0.2, 0) is 23.1 Å². The van der Waals surface area contributed by atoms with Gasteiger partial charge in [0.1, 0.15) is 12.7 Å². The van der Waals surface area contributed by atoms with Crippen LogP contribution in [0.5, 0.6) is 0 Å². The zero-order chi connectivity index (χ0) is 34.3. The molecule has 0 N–H and O–H groups in total. The molecule has 0 spiro atoms. The maximum atomic E-state index is 13.0. The first kappa shape index (κ1) is 37.6. The van der Waals surface area contributed by atoms with Crippen molar-refractivity contribution in [3.05, 3.63) is 47.1 Å². The zero-order valence-electron chi connectivity index (χ0n) is 31.5. The summed E-state index contributed by atoms with van der Waals surface area (Å²) in [6, 6.07) is 0. The standard InChI is InChI=1S/C39H66O5Si2/c1-14-31-22-23-33-29(17-16-24-38(31,33)9)20-21-30-25-39(44-46(12,13)37(6,7)8,41-27-35(40)42-32-18-15-19-32)26-34(28(30)2)43-45(10,11)36(3,4)5/h20-22,32-34H,2,14-19,23-27H2,1,3-13H3/t33-,34-,38+,39+/m0/s1. The van der Waals surface area contributed by atoms with Gasteiger partial charge in [-0.3, -0.25) is 0 Å². The van der Waals surface area contributed by atoms with Crippen LogP contribution in [0.4, 0.5) is 0 Å². The first-order valence-corrected chi connectivity index (χ1v) is 23.9. The summed E-state index contributed by atoms with van der Waals surface area (Å²) in [6.07, 6.45) is 16.9. The number of esters is 1. The lowest BCUT2D eigenvalue weighted by atomic mass is 9.64. The lowest BCUT2D eigenvalue weighted by Crippen LogP contribution is -2.56. The fraction of sp³-hybridized carbons (Fsp3) is 0.769. The largest absolute Gasteiger partial charge is 0.461 e. The van der Waals surface area contributed by atoms with Gasteiger partial charge in [0.2, 0.25) is 0 Å². The summed E-state index contributed by atoms with van der Waals surface area (Å²) in [5, 5.41) is -0.00309. The molecule has 4 aliphatic carbocycles. The molecule has 0 aromatic rings. The lowest BCUT2D eigenvalue weighted by molar-refractivity contribution is -0.218. The van der Waals surface area contributed by atoms with Crippen LogP contribution in [0.2, 0.25) is 36.3 Å². The van der Waals surface area contributed by atoms with Crippen molar-refractivity contribution in [2.45, 2.75) is 174 Å². The van der Waals surface area contributed by atoms with Crippen LogP contribution in [0.15, 0.2) is 47.1 Å². The molecule has 4 atom stereocenters. The number of ether oxygens (including phenoxy) is 2. The van der Waals surface area contributed by atoms with Gasteiger partial charge in [0.05, 0.1) is 6.10 Å². The molecule has 0 unspecified atom stereocenters. The third-order valence-corrected chi connectivity index (χ3v) is 21.6. The molecule has 0 aromatic carbocycles. The Morgan fingerprint density at radius 2 is 1.67 bits per heavy atom. The summed E-state index contributed by atoms with van der Waals surface area (Å²) < 4.78 is 26.9. The first-order valence-electron chi connectivity index (χ1n) is 18.1. The van der Waals surface area contributed by atoms with Crippen LogP contribution >= 0.6 is 0 Å². The van der Waals surface area contributed by atoms with Crippen molar-refractivity contribution < 1.29 is 23.1 Å². The highest BCUT2D eigenvalue weighted by Gasteiger charge is 2.52. The lowest BCUT2D eigenvalue weighted by Gasteiger charge is -2.51. The summed E-state index contributed by atoms with van der Waals surface area (Å²) >= 11 is 0. The maximum Gasteiger partial charge on any atom is 0.332 e. The molecule has 46 heavy (non-hydrogen) atoms. The average Bonchev–Trinajstić information content (AvgIpc) is 3.25. The maximum absolute atomic E-state index is 13.0. The second-order valence-corrected chi connectivity index (χ2v) is 27.4. The molecule has 0 bridgehead atoms.